The first-order valence-corrected chi connectivity index (χ1v) is 5.79. The molecular weight excluding hydrogens is 168 g/mol. The molecule has 0 aromatic heterocycles. The number of benzene rings is 1. The minimum Gasteiger partial charge on any atom is -0.0654 e. The van der Waals surface area contributed by atoms with Crippen LogP contribution in [0.25, 0.3) is 0 Å². The maximum atomic E-state index is 2.31. The molecule has 1 rings (SSSR count). The first-order chi connectivity index (χ1) is 6.74. The minimum absolute atomic E-state index is 0.765. The Morgan fingerprint density at radius 1 is 1.07 bits per heavy atom. The second-order valence-electron chi connectivity index (χ2n) is 4.53. The molecule has 0 amide bonds. The van der Waals surface area contributed by atoms with Crippen molar-refractivity contribution in [1.82, 2.24) is 0 Å². The van der Waals surface area contributed by atoms with Gasteiger partial charge < -0.3 is 0 Å². The molecule has 0 fully saturated rings. The van der Waals surface area contributed by atoms with Gasteiger partial charge in [-0.1, -0.05) is 57.5 Å². The van der Waals surface area contributed by atoms with E-state index in [-0.39, 0.29) is 0 Å². The van der Waals surface area contributed by atoms with E-state index in [2.05, 4.69) is 51.1 Å². The van der Waals surface area contributed by atoms with Crippen molar-refractivity contribution in [3.05, 3.63) is 35.9 Å². The van der Waals surface area contributed by atoms with Crippen molar-refractivity contribution >= 4 is 0 Å². The smallest absolute Gasteiger partial charge is 0.0160 e. The van der Waals surface area contributed by atoms with Gasteiger partial charge in [0.05, 0.1) is 0 Å². The molecule has 0 spiro atoms. The Morgan fingerprint density at radius 3 is 2.21 bits per heavy atom. The fourth-order valence-corrected chi connectivity index (χ4v) is 2.06. The molecule has 0 nitrogen and oxygen atoms in total. The molecule has 14 heavy (non-hydrogen) atoms. The first kappa shape index (κ1) is 11.3. The largest absolute Gasteiger partial charge is 0.0654 e. The third-order valence-electron chi connectivity index (χ3n) is 2.66. The molecule has 0 N–H and O–H groups in total. The van der Waals surface area contributed by atoms with E-state index >= 15 is 0 Å². The molecule has 0 saturated carbocycles. The fourth-order valence-electron chi connectivity index (χ4n) is 2.06. The van der Waals surface area contributed by atoms with Crippen LogP contribution >= 0.6 is 0 Å². The summed E-state index contributed by atoms with van der Waals surface area (Å²) in [7, 11) is 0. The molecule has 0 aliphatic rings. The van der Waals surface area contributed by atoms with Gasteiger partial charge in [-0.3, -0.25) is 0 Å². The Hall–Kier alpha value is -0.780. The lowest BCUT2D eigenvalue weighted by Gasteiger charge is -2.18. The standard InChI is InChI=1S/C14H22/c1-4-8-14(11-12(2)3)13-9-6-5-7-10-13/h5-7,9-10,12,14H,4,8,11H2,1-3H3/t14-/m0/s1. The molecule has 0 saturated heterocycles. The molecule has 1 aromatic carbocycles. The Kier molecular flexibility index (Phi) is 4.72. The van der Waals surface area contributed by atoms with Crippen LogP contribution in [0.2, 0.25) is 0 Å². The Labute approximate surface area is 88.4 Å². The van der Waals surface area contributed by atoms with Crippen LogP contribution in [0.3, 0.4) is 0 Å². The van der Waals surface area contributed by atoms with E-state index in [4.69, 9.17) is 0 Å². The van der Waals surface area contributed by atoms with Crippen LogP contribution in [0.5, 0.6) is 0 Å². The molecule has 0 heteroatoms. The highest BCUT2D eigenvalue weighted by atomic mass is 14.2. The van der Waals surface area contributed by atoms with Crippen LogP contribution in [-0.4, -0.2) is 0 Å². The van der Waals surface area contributed by atoms with Crippen molar-refractivity contribution in [2.75, 3.05) is 0 Å². The van der Waals surface area contributed by atoms with Crippen molar-refractivity contribution in [3.8, 4) is 0 Å². The van der Waals surface area contributed by atoms with Gasteiger partial charge >= 0.3 is 0 Å². The second-order valence-corrected chi connectivity index (χ2v) is 4.53. The highest BCUT2D eigenvalue weighted by Gasteiger charge is 2.11. The van der Waals surface area contributed by atoms with Crippen LogP contribution in [0.4, 0.5) is 0 Å². The third kappa shape index (κ3) is 3.53. The lowest BCUT2D eigenvalue weighted by atomic mass is 9.87. The highest BCUT2D eigenvalue weighted by Crippen LogP contribution is 2.27. The SMILES string of the molecule is CCC[C@@H](CC(C)C)c1ccccc1. The quantitative estimate of drug-likeness (QED) is 0.635. The Balaban J connectivity index is 2.67. The number of hydrogen-bond donors (Lipinski definition) is 0. The average molecular weight is 190 g/mol. The summed E-state index contributed by atoms with van der Waals surface area (Å²) in [6.45, 7) is 6.90. The van der Waals surface area contributed by atoms with Gasteiger partial charge in [0.25, 0.3) is 0 Å². The van der Waals surface area contributed by atoms with Crippen LogP contribution in [0.15, 0.2) is 30.3 Å². The van der Waals surface area contributed by atoms with Crippen molar-refractivity contribution in [1.29, 1.82) is 0 Å². The number of rotatable bonds is 5. The zero-order valence-corrected chi connectivity index (χ0v) is 9.66. The summed E-state index contributed by atoms with van der Waals surface area (Å²) < 4.78 is 0. The van der Waals surface area contributed by atoms with E-state index in [9.17, 15) is 0 Å². The average Bonchev–Trinajstić information content (AvgIpc) is 2.18. The van der Waals surface area contributed by atoms with Gasteiger partial charge in [0.2, 0.25) is 0 Å². The van der Waals surface area contributed by atoms with Gasteiger partial charge in [-0.2, -0.15) is 0 Å². The maximum Gasteiger partial charge on any atom is -0.0160 e. The summed E-state index contributed by atoms with van der Waals surface area (Å²) in [6, 6.07) is 10.9. The van der Waals surface area contributed by atoms with Gasteiger partial charge in [-0.25, -0.2) is 0 Å². The molecule has 0 radical (unpaired) electrons. The summed E-state index contributed by atoms with van der Waals surface area (Å²) in [5.41, 5.74) is 1.52. The van der Waals surface area contributed by atoms with E-state index in [1.165, 1.54) is 24.8 Å². The fraction of sp³-hybridized carbons (Fsp3) is 0.571. The van der Waals surface area contributed by atoms with E-state index < -0.39 is 0 Å². The van der Waals surface area contributed by atoms with Crippen LogP contribution in [-0.2, 0) is 0 Å². The minimum atomic E-state index is 0.765. The van der Waals surface area contributed by atoms with Crippen LogP contribution in [0, 0.1) is 5.92 Å². The van der Waals surface area contributed by atoms with Crippen molar-refractivity contribution in [2.24, 2.45) is 5.92 Å². The van der Waals surface area contributed by atoms with Crippen molar-refractivity contribution < 1.29 is 0 Å². The summed E-state index contributed by atoms with van der Waals surface area (Å²) in [4.78, 5) is 0. The monoisotopic (exact) mass is 190 g/mol. The van der Waals surface area contributed by atoms with Gasteiger partial charge in [0.15, 0.2) is 0 Å². The predicted octanol–water partition coefficient (Wildman–Crippen LogP) is 4.62. The summed E-state index contributed by atoms with van der Waals surface area (Å²) in [6.07, 6.45) is 3.92. The molecule has 1 aromatic rings. The molecule has 1 atom stereocenters. The van der Waals surface area contributed by atoms with Gasteiger partial charge in [-0.15, -0.1) is 0 Å². The summed E-state index contributed by atoms with van der Waals surface area (Å²) in [5.74, 6) is 1.56. The zero-order chi connectivity index (χ0) is 10.4. The molecule has 0 bridgehead atoms. The van der Waals surface area contributed by atoms with Gasteiger partial charge in [-0.05, 0) is 30.2 Å². The topological polar surface area (TPSA) is 0 Å². The summed E-state index contributed by atoms with van der Waals surface area (Å²) >= 11 is 0. The van der Waals surface area contributed by atoms with Crippen LogP contribution < -0.4 is 0 Å². The van der Waals surface area contributed by atoms with Gasteiger partial charge in [0.1, 0.15) is 0 Å². The van der Waals surface area contributed by atoms with E-state index in [1.807, 2.05) is 0 Å². The zero-order valence-electron chi connectivity index (χ0n) is 9.66. The van der Waals surface area contributed by atoms with E-state index in [1.54, 1.807) is 0 Å². The maximum absolute atomic E-state index is 2.31. The molecular formula is C14H22. The molecule has 78 valence electrons. The number of hydrogen-bond acceptors (Lipinski definition) is 0. The molecule has 0 aliphatic carbocycles. The summed E-state index contributed by atoms with van der Waals surface area (Å²) in [5, 5.41) is 0. The first-order valence-electron chi connectivity index (χ1n) is 5.79. The lowest BCUT2D eigenvalue weighted by molar-refractivity contribution is 0.472. The molecule has 0 aliphatic heterocycles. The Morgan fingerprint density at radius 2 is 1.71 bits per heavy atom. The third-order valence-corrected chi connectivity index (χ3v) is 2.66. The lowest BCUT2D eigenvalue weighted by Crippen LogP contribution is -2.02. The van der Waals surface area contributed by atoms with E-state index in [0.29, 0.717) is 0 Å². The Bertz CT molecular complexity index is 235. The molecule has 0 unspecified atom stereocenters. The normalized spacial score (nSPS) is 13.1. The second kappa shape index (κ2) is 5.85. The van der Waals surface area contributed by atoms with Crippen molar-refractivity contribution in [3.63, 3.8) is 0 Å². The molecule has 0 heterocycles. The van der Waals surface area contributed by atoms with E-state index in [0.717, 1.165) is 11.8 Å². The van der Waals surface area contributed by atoms with Gasteiger partial charge in [0, 0.05) is 0 Å². The van der Waals surface area contributed by atoms with Crippen molar-refractivity contribution in [2.45, 2.75) is 46.0 Å². The van der Waals surface area contributed by atoms with Crippen LogP contribution in [0.1, 0.15) is 51.5 Å². The highest BCUT2D eigenvalue weighted by molar-refractivity contribution is 5.19. The predicted molar refractivity (Wildman–Crippen MR) is 63.5 cm³/mol.